The van der Waals surface area contributed by atoms with Crippen molar-refractivity contribution in [2.24, 2.45) is 0 Å². The number of halogens is 1. The number of tetrazole rings is 1. The van der Waals surface area contributed by atoms with Crippen LogP contribution in [0.1, 0.15) is 73.7 Å². The molecule has 168 valence electrons. The summed E-state index contributed by atoms with van der Waals surface area (Å²) in [6.07, 6.45) is 6.17. The second-order valence-electron chi connectivity index (χ2n) is 8.23. The first kappa shape index (κ1) is 22.1. The van der Waals surface area contributed by atoms with Crippen molar-refractivity contribution in [3.63, 3.8) is 0 Å². The Hall–Kier alpha value is -3.07. The zero-order chi connectivity index (χ0) is 22.7. The van der Waals surface area contributed by atoms with Crippen molar-refractivity contribution in [1.82, 2.24) is 35.2 Å². The molecule has 32 heavy (non-hydrogen) atoms. The van der Waals surface area contributed by atoms with E-state index in [0.29, 0.717) is 35.7 Å². The summed E-state index contributed by atoms with van der Waals surface area (Å²) in [5.41, 5.74) is 1.76. The van der Waals surface area contributed by atoms with Crippen LogP contribution >= 0.6 is 11.6 Å². The Morgan fingerprint density at radius 2 is 2.19 bits per heavy atom. The standard InChI is InChI=1S/C22H26ClN7O2/c1-14(2)21-24-22(32-27-21)19-6-4-5-11-29(19)20(31)10-8-16-7-9-18(23)12-17(16)13-30-26-15(3)25-28-30/h7-10,12,14,19H,4-6,11,13H2,1-3H3/b10-8+/t19-/m1/s1. The van der Waals surface area contributed by atoms with Crippen molar-refractivity contribution in [2.75, 3.05) is 6.54 Å². The van der Waals surface area contributed by atoms with Crippen molar-refractivity contribution in [3.05, 3.63) is 58.0 Å². The summed E-state index contributed by atoms with van der Waals surface area (Å²) in [5.74, 6) is 1.85. The molecule has 1 fully saturated rings. The monoisotopic (exact) mass is 455 g/mol. The molecule has 1 amide bonds. The van der Waals surface area contributed by atoms with Gasteiger partial charge in [-0.2, -0.15) is 9.78 Å². The maximum atomic E-state index is 13.1. The lowest BCUT2D eigenvalue weighted by atomic mass is 10.0. The van der Waals surface area contributed by atoms with E-state index in [2.05, 4.69) is 25.6 Å². The molecular formula is C22H26ClN7O2. The highest BCUT2D eigenvalue weighted by Gasteiger charge is 2.31. The number of carbonyl (C=O) groups is 1. The lowest BCUT2D eigenvalue weighted by Crippen LogP contribution is -2.37. The van der Waals surface area contributed by atoms with E-state index in [0.717, 1.165) is 30.4 Å². The Morgan fingerprint density at radius 3 is 2.91 bits per heavy atom. The van der Waals surface area contributed by atoms with Gasteiger partial charge < -0.3 is 9.42 Å². The van der Waals surface area contributed by atoms with Crippen LogP contribution in [0.15, 0.2) is 28.8 Å². The Morgan fingerprint density at radius 1 is 1.34 bits per heavy atom. The molecule has 0 bridgehead atoms. The molecule has 9 nitrogen and oxygen atoms in total. The molecule has 1 aromatic carbocycles. The summed E-state index contributed by atoms with van der Waals surface area (Å²) in [6, 6.07) is 5.32. The van der Waals surface area contributed by atoms with Gasteiger partial charge in [0.1, 0.15) is 6.04 Å². The number of amides is 1. The van der Waals surface area contributed by atoms with Crippen LogP contribution in [0, 0.1) is 6.92 Å². The summed E-state index contributed by atoms with van der Waals surface area (Å²) < 4.78 is 5.49. The molecule has 1 aliphatic heterocycles. The third-order valence-corrected chi connectivity index (χ3v) is 5.65. The maximum Gasteiger partial charge on any atom is 0.249 e. The van der Waals surface area contributed by atoms with Crippen LogP contribution in [0.3, 0.4) is 0 Å². The Kier molecular flexibility index (Phi) is 6.64. The summed E-state index contributed by atoms with van der Waals surface area (Å²) >= 11 is 6.20. The number of likely N-dealkylation sites (tertiary alicyclic amines) is 1. The van der Waals surface area contributed by atoms with Gasteiger partial charge in [-0.25, -0.2) is 0 Å². The van der Waals surface area contributed by atoms with E-state index in [1.165, 1.54) is 4.80 Å². The summed E-state index contributed by atoms with van der Waals surface area (Å²) in [5, 5.41) is 16.8. The van der Waals surface area contributed by atoms with Gasteiger partial charge in [0.05, 0.1) is 6.54 Å². The molecule has 3 aromatic rings. The van der Waals surface area contributed by atoms with Crippen molar-refractivity contribution < 1.29 is 9.32 Å². The van der Waals surface area contributed by atoms with Crippen molar-refractivity contribution in [2.45, 2.75) is 58.5 Å². The molecule has 0 saturated carbocycles. The summed E-state index contributed by atoms with van der Waals surface area (Å²) in [4.78, 5) is 21.0. The molecule has 0 unspecified atom stereocenters. The molecule has 1 saturated heterocycles. The molecule has 0 radical (unpaired) electrons. The van der Waals surface area contributed by atoms with Gasteiger partial charge in [-0.1, -0.05) is 36.7 Å². The first-order valence-corrected chi connectivity index (χ1v) is 11.1. The lowest BCUT2D eigenvalue weighted by Gasteiger charge is -2.32. The average molecular weight is 456 g/mol. The van der Waals surface area contributed by atoms with E-state index in [1.807, 2.05) is 30.9 Å². The van der Waals surface area contributed by atoms with Gasteiger partial charge >= 0.3 is 0 Å². The predicted octanol–water partition coefficient (Wildman–Crippen LogP) is 3.96. The highest BCUT2D eigenvalue weighted by molar-refractivity contribution is 6.30. The second-order valence-corrected chi connectivity index (χ2v) is 8.67. The van der Waals surface area contributed by atoms with E-state index >= 15 is 0 Å². The number of aromatic nitrogens is 6. The second kappa shape index (κ2) is 9.60. The van der Waals surface area contributed by atoms with Crippen molar-refractivity contribution >= 4 is 23.6 Å². The highest BCUT2D eigenvalue weighted by atomic mass is 35.5. The van der Waals surface area contributed by atoms with Gasteiger partial charge in [0, 0.05) is 23.6 Å². The zero-order valence-corrected chi connectivity index (χ0v) is 19.2. The highest BCUT2D eigenvalue weighted by Crippen LogP contribution is 2.31. The SMILES string of the molecule is Cc1nnn(Cc2cc(Cl)ccc2/C=C/C(=O)N2CCCC[C@@H]2c2nc(C(C)C)no2)n1. The molecule has 0 N–H and O–H groups in total. The van der Waals surface area contributed by atoms with Crippen LogP contribution in [0.2, 0.25) is 5.02 Å². The third-order valence-electron chi connectivity index (χ3n) is 5.42. The lowest BCUT2D eigenvalue weighted by molar-refractivity contribution is -0.130. The minimum Gasteiger partial charge on any atom is -0.337 e. The summed E-state index contributed by atoms with van der Waals surface area (Å²) in [6.45, 7) is 6.87. The first-order chi connectivity index (χ1) is 15.4. The molecule has 1 aliphatic rings. The van der Waals surface area contributed by atoms with E-state index in [1.54, 1.807) is 25.1 Å². The van der Waals surface area contributed by atoms with Crippen LogP contribution in [0.4, 0.5) is 0 Å². The average Bonchev–Trinajstić information content (AvgIpc) is 3.42. The van der Waals surface area contributed by atoms with E-state index in [9.17, 15) is 4.79 Å². The van der Waals surface area contributed by atoms with E-state index < -0.39 is 0 Å². The van der Waals surface area contributed by atoms with Crippen molar-refractivity contribution in [3.8, 4) is 0 Å². The fourth-order valence-corrected chi connectivity index (χ4v) is 3.94. The topological polar surface area (TPSA) is 103 Å². The molecule has 0 aliphatic carbocycles. The molecule has 1 atom stereocenters. The van der Waals surface area contributed by atoms with E-state index in [4.69, 9.17) is 16.1 Å². The maximum absolute atomic E-state index is 13.1. The third kappa shape index (κ3) is 5.04. The molecule has 4 rings (SSSR count). The van der Waals surface area contributed by atoms with E-state index in [-0.39, 0.29) is 17.9 Å². The quantitative estimate of drug-likeness (QED) is 0.518. The number of aryl methyl sites for hydroxylation is 1. The van der Waals surface area contributed by atoms with Crippen LogP contribution in [0.25, 0.3) is 6.08 Å². The number of nitrogens with zero attached hydrogens (tertiary/aromatic N) is 7. The van der Waals surface area contributed by atoms with Crippen LogP contribution in [-0.2, 0) is 11.3 Å². The minimum absolute atomic E-state index is 0.0883. The molecule has 3 heterocycles. The molecule has 0 spiro atoms. The van der Waals surface area contributed by atoms with Crippen LogP contribution in [-0.4, -0.2) is 47.7 Å². The van der Waals surface area contributed by atoms with Crippen molar-refractivity contribution in [1.29, 1.82) is 0 Å². The number of piperidine rings is 1. The van der Waals surface area contributed by atoms with Gasteiger partial charge in [0.2, 0.25) is 11.8 Å². The molecule has 2 aromatic heterocycles. The number of hydrogen-bond acceptors (Lipinski definition) is 7. The van der Waals surface area contributed by atoms with Crippen LogP contribution in [0.5, 0.6) is 0 Å². The Bertz CT molecular complexity index is 1120. The van der Waals surface area contributed by atoms with Crippen LogP contribution < -0.4 is 0 Å². The molecular weight excluding hydrogens is 430 g/mol. The fraction of sp³-hybridized carbons (Fsp3) is 0.455. The fourth-order valence-electron chi connectivity index (χ4n) is 3.74. The first-order valence-electron chi connectivity index (χ1n) is 10.8. The normalized spacial score (nSPS) is 16.9. The Balaban J connectivity index is 1.53. The minimum atomic E-state index is -0.201. The summed E-state index contributed by atoms with van der Waals surface area (Å²) in [7, 11) is 0. The number of carbonyl (C=O) groups excluding carboxylic acids is 1. The number of benzene rings is 1. The van der Waals surface area contributed by atoms with Gasteiger partial charge in [-0.3, -0.25) is 4.79 Å². The Labute approximate surface area is 191 Å². The smallest absolute Gasteiger partial charge is 0.249 e. The van der Waals surface area contributed by atoms with Gasteiger partial charge in [0.15, 0.2) is 11.6 Å². The van der Waals surface area contributed by atoms with Gasteiger partial charge in [0.25, 0.3) is 0 Å². The number of hydrogen-bond donors (Lipinski definition) is 0. The number of rotatable bonds is 6. The molecule has 10 heteroatoms. The zero-order valence-electron chi connectivity index (χ0n) is 18.4. The predicted molar refractivity (Wildman–Crippen MR) is 119 cm³/mol. The van der Waals surface area contributed by atoms with Gasteiger partial charge in [-0.15, -0.1) is 10.2 Å². The largest absolute Gasteiger partial charge is 0.337 e. The van der Waals surface area contributed by atoms with Gasteiger partial charge in [-0.05, 0) is 60.7 Å².